The Morgan fingerprint density at radius 3 is 2.67 bits per heavy atom. The maximum Gasteiger partial charge on any atom is 0.155 e. The van der Waals surface area contributed by atoms with E-state index in [1.165, 1.54) is 17.5 Å². The zero-order valence-electron chi connectivity index (χ0n) is 8.70. The summed E-state index contributed by atoms with van der Waals surface area (Å²) in [5, 5.41) is 0. The summed E-state index contributed by atoms with van der Waals surface area (Å²) in [5.41, 5.74) is 3.11. The molecule has 0 N–H and O–H groups in total. The maximum absolute atomic E-state index is 11.2. The number of carbonyl (C=O) groups is 1. The molecule has 1 nitrogen and oxygen atoms in total. The van der Waals surface area contributed by atoms with Crippen molar-refractivity contribution in [2.75, 3.05) is 0 Å². The predicted octanol–water partition coefficient (Wildman–Crippen LogP) is 2.79. The van der Waals surface area contributed by atoms with Crippen molar-refractivity contribution >= 4 is 5.78 Å². The van der Waals surface area contributed by atoms with E-state index in [1.54, 1.807) is 6.08 Å². The normalized spacial score (nSPS) is 28.4. The average Bonchev–Trinajstić information content (AvgIpc) is 2.63. The topological polar surface area (TPSA) is 17.1 Å². The lowest BCUT2D eigenvalue weighted by atomic mass is 9.74. The zero-order valence-corrected chi connectivity index (χ0v) is 8.70. The number of ketones is 1. The summed E-state index contributed by atoms with van der Waals surface area (Å²) < 4.78 is 0. The molecule has 0 aliphatic heterocycles. The summed E-state index contributed by atoms with van der Waals surface area (Å²) in [6, 6.07) is 8.66. The number of hydrogen-bond acceptors (Lipinski definition) is 1. The lowest BCUT2D eigenvalue weighted by molar-refractivity contribution is -0.115. The van der Waals surface area contributed by atoms with Gasteiger partial charge in [-0.05, 0) is 36.5 Å². The van der Waals surface area contributed by atoms with Crippen LogP contribution in [0.4, 0.5) is 0 Å². The Balaban J connectivity index is 2.09. The quantitative estimate of drug-likeness (QED) is 0.626. The molecule has 1 atom stereocenters. The van der Waals surface area contributed by atoms with Crippen molar-refractivity contribution in [1.82, 2.24) is 0 Å². The maximum atomic E-state index is 11.2. The number of allylic oxidation sites excluding steroid dienone is 2. The molecule has 1 heteroatoms. The Bertz CT molecular complexity index is 444. The number of carbonyl (C=O) groups excluding carboxylic acids is 1. The Labute approximate surface area is 89.8 Å². The Morgan fingerprint density at radius 1 is 1.07 bits per heavy atom. The van der Waals surface area contributed by atoms with Crippen LogP contribution in [-0.2, 0) is 16.6 Å². The van der Waals surface area contributed by atoms with E-state index in [-0.39, 0.29) is 11.2 Å². The minimum atomic E-state index is 0.185. The molecule has 0 radical (unpaired) electrons. The third-order valence-electron chi connectivity index (χ3n) is 3.80. The molecular weight excluding hydrogens is 184 g/mol. The van der Waals surface area contributed by atoms with Gasteiger partial charge in [0.1, 0.15) is 0 Å². The Hall–Kier alpha value is -1.37. The Kier molecular flexibility index (Phi) is 1.82. The molecule has 0 heterocycles. The van der Waals surface area contributed by atoms with Crippen LogP contribution in [0.2, 0.25) is 0 Å². The molecule has 0 saturated carbocycles. The van der Waals surface area contributed by atoms with Crippen molar-refractivity contribution in [3.63, 3.8) is 0 Å². The second-order valence-electron chi connectivity index (χ2n) is 4.61. The molecule has 0 fully saturated rings. The molecule has 76 valence electrons. The van der Waals surface area contributed by atoms with Crippen LogP contribution >= 0.6 is 0 Å². The lowest BCUT2D eigenvalue weighted by Gasteiger charge is -2.29. The van der Waals surface area contributed by atoms with Crippen molar-refractivity contribution in [2.24, 2.45) is 0 Å². The smallest absolute Gasteiger partial charge is 0.155 e. The van der Waals surface area contributed by atoms with Gasteiger partial charge in [-0.2, -0.15) is 0 Å². The monoisotopic (exact) mass is 198 g/mol. The molecular formula is C14H14O. The van der Waals surface area contributed by atoms with Crippen molar-refractivity contribution in [3.05, 3.63) is 47.5 Å². The number of fused-ring (bicyclic) bond motifs is 2. The number of benzene rings is 1. The van der Waals surface area contributed by atoms with E-state index >= 15 is 0 Å². The second kappa shape index (κ2) is 3.06. The van der Waals surface area contributed by atoms with Crippen molar-refractivity contribution < 1.29 is 4.79 Å². The van der Waals surface area contributed by atoms with Crippen LogP contribution in [0.15, 0.2) is 36.4 Å². The molecule has 0 saturated heterocycles. The van der Waals surface area contributed by atoms with E-state index in [1.807, 2.05) is 0 Å². The largest absolute Gasteiger partial charge is 0.295 e. The minimum Gasteiger partial charge on any atom is -0.295 e. The molecule has 1 aromatic rings. The van der Waals surface area contributed by atoms with Crippen LogP contribution < -0.4 is 0 Å². The van der Waals surface area contributed by atoms with E-state index in [2.05, 4.69) is 30.3 Å². The molecule has 2 aliphatic rings. The summed E-state index contributed by atoms with van der Waals surface area (Å²) >= 11 is 0. The molecule has 0 aromatic heterocycles. The van der Waals surface area contributed by atoms with Crippen LogP contribution in [-0.4, -0.2) is 5.78 Å². The molecule has 3 rings (SSSR count). The van der Waals surface area contributed by atoms with Gasteiger partial charge in [0.05, 0.1) is 0 Å². The number of rotatable bonds is 0. The predicted molar refractivity (Wildman–Crippen MR) is 59.8 cm³/mol. The highest BCUT2D eigenvalue weighted by Crippen LogP contribution is 2.44. The van der Waals surface area contributed by atoms with E-state index < -0.39 is 0 Å². The highest BCUT2D eigenvalue weighted by molar-refractivity contribution is 5.91. The minimum absolute atomic E-state index is 0.185. The Morgan fingerprint density at radius 2 is 1.87 bits per heavy atom. The molecule has 1 aromatic carbocycles. The first-order valence-electron chi connectivity index (χ1n) is 5.61. The first-order valence-corrected chi connectivity index (χ1v) is 5.61. The number of aryl methyl sites for hydroxylation is 1. The molecule has 0 bridgehead atoms. The van der Waals surface area contributed by atoms with E-state index in [4.69, 9.17) is 0 Å². The molecule has 15 heavy (non-hydrogen) atoms. The fourth-order valence-corrected chi connectivity index (χ4v) is 2.91. The average molecular weight is 198 g/mol. The third-order valence-corrected chi connectivity index (χ3v) is 3.80. The van der Waals surface area contributed by atoms with Gasteiger partial charge in [0, 0.05) is 11.8 Å². The van der Waals surface area contributed by atoms with Gasteiger partial charge in [-0.25, -0.2) is 0 Å². The summed E-state index contributed by atoms with van der Waals surface area (Å²) in [5.74, 6) is 0.282. The van der Waals surface area contributed by atoms with Gasteiger partial charge in [0.25, 0.3) is 0 Å². The van der Waals surface area contributed by atoms with Crippen LogP contribution in [0, 0.1) is 0 Å². The molecule has 0 unspecified atom stereocenters. The lowest BCUT2D eigenvalue weighted by Crippen LogP contribution is -2.24. The van der Waals surface area contributed by atoms with Gasteiger partial charge < -0.3 is 0 Å². The highest BCUT2D eigenvalue weighted by atomic mass is 16.1. The third kappa shape index (κ3) is 1.26. The summed E-state index contributed by atoms with van der Waals surface area (Å²) in [7, 11) is 0. The first kappa shape index (κ1) is 8.90. The highest BCUT2D eigenvalue weighted by Gasteiger charge is 2.37. The fraction of sp³-hybridized carbons (Fsp3) is 0.357. The zero-order chi connectivity index (χ0) is 10.3. The number of hydrogen-bond donors (Lipinski definition) is 0. The van der Waals surface area contributed by atoms with Crippen molar-refractivity contribution in [3.8, 4) is 0 Å². The molecule has 0 amide bonds. The van der Waals surface area contributed by atoms with Crippen LogP contribution in [0.25, 0.3) is 0 Å². The van der Waals surface area contributed by atoms with Crippen molar-refractivity contribution in [1.29, 1.82) is 0 Å². The van der Waals surface area contributed by atoms with Crippen LogP contribution in [0.5, 0.6) is 0 Å². The summed E-state index contributed by atoms with van der Waals surface area (Å²) in [4.78, 5) is 11.2. The van der Waals surface area contributed by atoms with Gasteiger partial charge in [-0.15, -0.1) is 0 Å². The van der Waals surface area contributed by atoms with Crippen molar-refractivity contribution in [2.45, 2.75) is 31.1 Å². The van der Waals surface area contributed by atoms with Crippen LogP contribution in [0.3, 0.4) is 0 Å². The van der Waals surface area contributed by atoms with Gasteiger partial charge in [-0.3, -0.25) is 4.79 Å². The second-order valence-corrected chi connectivity index (χ2v) is 4.61. The van der Waals surface area contributed by atoms with Gasteiger partial charge in [-0.1, -0.05) is 30.3 Å². The summed E-state index contributed by atoms with van der Waals surface area (Å²) in [6.07, 6.45) is 7.98. The summed E-state index contributed by atoms with van der Waals surface area (Å²) in [6.45, 7) is 0. The van der Waals surface area contributed by atoms with E-state index in [9.17, 15) is 4.79 Å². The van der Waals surface area contributed by atoms with E-state index in [0.717, 1.165) is 12.8 Å². The molecule has 1 spiro atoms. The standard InChI is InChI=1S/C14H14O/c15-12-6-9-14(10-7-12)8-5-11-3-1-2-4-13(11)14/h1-4,6,9H,5,7-8,10H2/t14-/m0/s1. The SMILES string of the molecule is O=C1C=C[C@]2(CC1)CCc1ccccc12. The van der Waals surface area contributed by atoms with Gasteiger partial charge in [0.15, 0.2) is 5.78 Å². The van der Waals surface area contributed by atoms with E-state index in [0.29, 0.717) is 6.42 Å². The first-order chi connectivity index (χ1) is 7.30. The molecule has 2 aliphatic carbocycles. The van der Waals surface area contributed by atoms with Gasteiger partial charge >= 0.3 is 0 Å². The fourth-order valence-electron chi connectivity index (χ4n) is 2.91. The van der Waals surface area contributed by atoms with Gasteiger partial charge in [0.2, 0.25) is 0 Å². The van der Waals surface area contributed by atoms with Crippen LogP contribution in [0.1, 0.15) is 30.4 Å².